The normalized spacial score (nSPS) is 22.7. The molecule has 0 amide bonds. The molecule has 8 atom stereocenters. The van der Waals surface area contributed by atoms with E-state index in [1.54, 1.807) is 0 Å². The van der Waals surface area contributed by atoms with Crippen LogP contribution in [0.1, 0.15) is 129 Å². The minimum Gasteiger partial charge on any atom is -0.462 e. The fraction of sp³-hybridized carbons (Fsp3) is 0.592. The summed E-state index contributed by atoms with van der Waals surface area (Å²) in [5.74, 6) is -1.20. The fourth-order valence-electron chi connectivity index (χ4n) is 6.01. The van der Waals surface area contributed by atoms with Gasteiger partial charge in [-0.1, -0.05) is 130 Å². The van der Waals surface area contributed by atoms with Crippen LogP contribution in [-0.2, 0) is 32.7 Å². The Hall–Kier alpha value is -3.49. The molecule has 6 unspecified atom stereocenters. The Kier molecular flexibility index (Phi) is 34.6. The van der Waals surface area contributed by atoms with E-state index in [0.717, 1.165) is 89.9 Å². The quantitative estimate of drug-likeness (QED) is 0.0152. The topological polar surface area (TPSA) is 210 Å². The number of phosphoric ester groups is 1. The number of carbonyl (C=O) groups excluding carboxylic acids is 2. The third kappa shape index (κ3) is 30.3. The summed E-state index contributed by atoms with van der Waals surface area (Å²) in [6.45, 7) is 2.98. The molecule has 356 valence electrons. The molecule has 1 fully saturated rings. The second-order valence-corrected chi connectivity index (χ2v) is 16.5. The van der Waals surface area contributed by atoms with Gasteiger partial charge in [-0.15, -0.1) is 0 Å². The lowest BCUT2D eigenvalue weighted by Gasteiger charge is -2.41. The molecule has 63 heavy (non-hydrogen) atoms. The largest absolute Gasteiger partial charge is 0.472 e. The van der Waals surface area contributed by atoms with Crippen LogP contribution in [0.4, 0.5) is 0 Å². The number of hydrogen-bond donors (Lipinski definition) is 6. The predicted molar refractivity (Wildman–Crippen MR) is 248 cm³/mol. The average molecular weight is 905 g/mol. The Labute approximate surface area is 376 Å². The first-order valence-corrected chi connectivity index (χ1v) is 24.2. The molecule has 0 aromatic carbocycles. The Morgan fingerprint density at radius 1 is 0.492 bits per heavy atom. The van der Waals surface area contributed by atoms with Crippen LogP contribution in [0.2, 0.25) is 0 Å². The summed E-state index contributed by atoms with van der Waals surface area (Å²) < 4.78 is 33.4. The van der Waals surface area contributed by atoms with Gasteiger partial charge in [-0.2, -0.15) is 0 Å². The maximum atomic E-state index is 12.8. The van der Waals surface area contributed by atoms with Gasteiger partial charge in [0.05, 0.1) is 6.61 Å². The highest BCUT2D eigenvalue weighted by molar-refractivity contribution is 7.47. The monoisotopic (exact) mass is 905 g/mol. The van der Waals surface area contributed by atoms with Gasteiger partial charge in [-0.3, -0.25) is 18.6 Å². The standard InChI is InChI=1S/C49H77O13P/c1-3-5-7-9-11-13-15-17-19-20-21-22-24-26-28-30-32-34-36-38-43(51)61-41(40-60-63(57,58)62-49-47(55)45(53)44(52)46(54)48(49)56)39-59-42(50)37-35-33-31-29-27-25-23-18-16-14-12-10-8-6-4-2/h5-8,11-14,17-19,21-23,26-29,41,44-49,52-56H,3-4,9-10,15-16,20,24-25,30-40H2,1-2H3,(H,57,58)/b7-5+,8-6+,13-11+,14-12+,19-17+,22-21+,23-18+,28-26+,29-27+/t41-,44?,45-,46?,47?,48?,49?/m1/s1. The fourth-order valence-corrected chi connectivity index (χ4v) is 6.98. The van der Waals surface area contributed by atoms with E-state index in [9.17, 15) is 44.6 Å². The van der Waals surface area contributed by atoms with Crippen molar-refractivity contribution < 1.29 is 63.1 Å². The molecule has 0 heterocycles. The summed E-state index contributed by atoms with van der Waals surface area (Å²) in [6.07, 6.45) is 38.6. The van der Waals surface area contributed by atoms with Crippen molar-refractivity contribution in [3.05, 3.63) is 109 Å². The van der Waals surface area contributed by atoms with Gasteiger partial charge >= 0.3 is 19.8 Å². The van der Waals surface area contributed by atoms with E-state index in [0.29, 0.717) is 12.8 Å². The van der Waals surface area contributed by atoms with E-state index >= 15 is 0 Å². The lowest BCUT2D eigenvalue weighted by atomic mass is 9.85. The van der Waals surface area contributed by atoms with Gasteiger partial charge in [-0.05, 0) is 96.3 Å². The molecule has 0 saturated heterocycles. The van der Waals surface area contributed by atoms with E-state index < -0.39 is 75.7 Å². The van der Waals surface area contributed by atoms with Crippen molar-refractivity contribution in [2.45, 2.75) is 172 Å². The van der Waals surface area contributed by atoms with Crippen molar-refractivity contribution in [2.75, 3.05) is 13.2 Å². The van der Waals surface area contributed by atoms with Crippen molar-refractivity contribution >= 4 is 19.8 Å². The highest BCUT2D eigenvalue weighted by atomic mass is 31.2. The Bertz CT molecular complexity index is 1510. The number of unbranched alkanes of at least 4 members (excludes halogenated alkanes) is 5. The summed E-state index contributed by atoms with van der Waals surface area (Å²) in [4.78, 5) is 35.7. The number of hydrogen-bond acceptors (Lipinski definition) is 12. The van der Waals surface area contributed by atoms with Crippen LogP contribution in [0.5, 0.6) is 0 Å². The van der Waals surface area contributed by atoms with Gasteiger partial charge < -0.3 is 39.9 Å². The molecule has 1 saturated carbocycles. The zero-order chi connectivity index (χ0) is 46.4. The molecule has 0 bridgehead atoms. The molecule has 14 heteroatoms. The van der Waals surface area contributed by atoms with E-state index in [1.807, 2.05) is 0 Å². The smallest absolute Gasteiger partial charge is 0.462 e. The Balaban J connectivity index is 2.54. The number of carbonyl (C=O) groups is 2. The molecule has 1 aliphatic rings. The van der Waals surface area contributed by atoms with Gasteiger partial charge in [0, 0.05) is 12.8 Å². The number of allylic oxidation sites excluding steroid dienone is 18. The van der Waals surface area contributed by atoms with Gasteiger partial charge in [0.1, 0.15) is 43.2 Å². The van der Waals surface area contributed by atoms with Crippen LogP contribution in [0.15, 0.2) is 109 Å². The molecule has 1 rings (SSSR count). The van der Waals surface area contributed by atoms with E-state index in [4.69, 9.17) is 18.5 Å². The van der Waals surface area contributed by atoms with Crippen LogP contribution >= 0.6 is 7.82 Å². The number of ether oxygens (including phenoxy) is 2. The second kappa shape index (κ2) is 37.8. The SMILES string of the molecule is CC/C=C/C/C=C/C/C=C/C/C=C/C/C=C/CCCCCC(=O)O[C@H](COC(=O)CCCC/C=C/C/C=C/C/C=C/C/C=C/CC)COP(=O)(O)OC1C(O)C(O)C(O)[C@@H](O)C1O. The number of rotatable bonds is 35. The molecule has 0 spiro atoms. The van der Waals surface area contributed by atoms with Crippen LogP contribution in [0.25, 0.3) is 0 Å². The first-order valence-electron chi connectivity index (χ1n) is 22.7. The molecule has 1 aliphatic carbocycles. The van der Waals surface area contributed by atoms with Crippen molar-refractivity contribution in [1.29, 1.82) is 0 Å². The highest BCUT2D eigenvalue weighted by Crippen LogP contribution is 2.47. The molecule has 0 aromatic rings. The van der Waals surface area contributed by atoms with Crippen LogP contribution in [0.3, 0.4) is 0 Å². The lowest BCUT2D eigenvalue weighted by molar-refractivity contribution is -0.220. The molecule has 0 aromatic heterocycles. The summed E-state index contributed by atoms with van der Waals surface area (Å²) in [5.41, 5.74) is 0. The van der Waals surface area contributed by atoms with Crippen LogP contribution in [0, 0.1) is 0 Å². The minimum atomic E-state index is -5.15. The third-order valence-electron chi connectivity index (χ3n) is 9.61. The number of phosphoric acid groups is 1. The zero-order valence-electron chi connectivity index (χ0n) is 37.6. The summed E-state index contributed by atoms with van der Waals surface area (Å²) in [6, 6.07) is 0. The number of aliphatic hydroxyl groups is 5. The molecule has 6 N–H and O–H groups in total. The zero-order valence-corrected chi connectivity index (χ0v) is 38.5. The van der Waals surface area contributed by atoms with Crippen molar-refractivity contribution in [1.82, 2.24) is 0 Å². The van der Waals surface area contributed by atoms with Gasteiger partial charge in [0.2, 0.25) is 0 Å². The van der Waals surface area contributed by atoms with Crippen molar-refractivity contribution in [3.8, 4) is 0 Å². The third-order valence-corrected chi connectivity index (χ3v) is 10.6. The minimum absolute atomic E-state index is 0.0409. The van der Waals surface area contributed by atoms with Crippen LogP contribution < -0.4 is 0 Å². The lowest BCUT2D eigenvalue weighted by Crippen LogP contribution is -2.64. The maximum Gasteiger partial charge on any atom is 0.472 e. The van der Waals surface area contributed by atoms with Crippen LogP contribution in [-0.4, -0.2) is 98.3 Å². The molecule has 0 radical (unpaired) electrons. The molecular formula is C49H77O13P. The number of esters is 2. The Morgan fingerprint density at radius 2 is 0.857 bits per heavy atom. The Morgan fingerprint density at radius 3 is 1.30 bits per heavy atom. The molecule has 0 aliphatic heterocycles. The first-order chi connectivity index (χ1) is 30.4. The first kappa shape index (κ1) is 57.5. The second-order valence-electron chi connectivity index (χ2n) is 15.1. The van der Waals surface area contributed by atoms with Gasteiger partial charge in [0.15, 0.2) is 6.10 Å². The maximum absolute atomic E-state index is 12.8. The van der Waals surface area contributed by atoms with Gasteiger partial charge in [0.25, 0.3) is 0 Å². The van der Waals surface area contributed by atoms with E-state index in [1.165, 1.54) is 0 Å². The van der Waals surface area contributed by atoms with Gasteiger partial charge in [-0.25, -0.2) is 4.57 Å². The van der Waals surface area contributed by atoms with Crippen molar-refractivity contribution in [3.63, 3.8) is 0 Å². The predicted octanol–water partition coefficient (Wildman–Crippen LogP) is 8.83. The number of aliphatic hydroxyl groups excluding tert-OH is 5. The summed E-state index contributed by atoms with van der Waals surface area (Å²) >= 11 is 0. The average Bonchev–Trinajstić information content (AvgIpc) is 3.26. The summed E-state index contributed by atoms with van der Waals surface area (Å²) in [5, 5.41) is 50.1. The highest BCUT2D eigenvalue weighted by Gasteiger charge is 2.51. The van der Waals surface area contributed by atoms with E-state index in [-0.39, 0.29) is 12.8 Å². The summed E-state index contributed by atoms with van der Waals surface area (Å²) in [7, 11) is -5.15. The van der Waals surface area contributed by atoms with Crippen molar-refractivity contribution in [2.24, 2.45) is 0 Å². The van der Waals surface area contributed by atoms with E-state index in [2.05, 4.69) is 123 Å². The molecular weight excluding hydrogens is 828 g/mol. The molecule has 13 nitrogen and oxygen atoms in total.